The van der Waals surface area contributed by atoms with Crippen molar-refractivity contribution in [3.63, 3.8) is 0 Å². The first-order chi connectivity index (χ1) is 7.74. The van der Waals surface area contributed by atoms with E-state index in [4.69, 9.17) is 16.3 Å². The molecule has 1 unspecified atom stereocenters. The lowest BCUT2D eigenvalue weighted by molar-refractivity contribution is 0.138. The summed E-state index contributed by atoms with van der Waals surface area (Å²) in [6.45, 7) is 4.63. The number of nitrogens with one attached hydrogen (secondary N) is 1. The van der Waals surface area contributed by atoms with Crippen LogP contribution >= 0.6 is 11.6 Å². The summed E-state index contributed by atoms with van der Waals surface area (Å²) < 4.78 is 5.18. The Balaban J connectivity index is 2.24. The van der Waals surface area contributed by atoms with E-state index < -0.39 is 6.10 Å². The van der Waals surface area contributed by atoms with Crippen molar-refractivity contribution >= 4 is 11.6 Å². The molecule has 1 aromatic carbocycles. The summed E-state index contributed by atoms with van der Waals surface area (Å²) in [6.07, 6.45) is -0.501. The predicted molar refractivity (Wildman–Crippen MR) is 65.8 cm³/mol. The fourth-order valence-corrected chi connectivity index (χ4v) is 1.46. The van der Waals surface area contributed by atoms with Crippen molar-refractivity contribution in [1.29, 1.82) is 0 Å². The Hall–Kier alpha value is -0.610. The number of aliphatic hydroxyl groups is 1. The Morgan fingerprint density at radius 3 is 2.69 bits per heavy atom. The van der Waals surface area contributed by atoms with Crippen molar-refractivity contribution in [2.24, 2.45) is 0 Å². The van der Waals surface area contributed by atoms with Gasteiger partial charge in [0, 0.05) is 24.7 Å². The zero-order valence-corrected chi connectivity index (χ0v) is 10.2. The van der Waals surface area contributed by atoms with Gasteiger partial charge in [0.05, 0.1) is 12.7 Å². The second-order valence-electron chi connectivity index (χ2n) is 3.47. The van der Waals surface area contributed by atoms with Gasteiger partial charge in [0.25, 0.3) is 0 Å². The van der Waals surface area contributed by atoms with Gasteiger partial charge in [-0.2, -0.15) is 0 Å². The van der Waals surface area contributed by atoms with Crippen LogP contribution in [-0.2, 0) is 4.74 Å². The summed E-state index contributed by atoms with van der Waals surface area (Å²) in [6, 6.07) is 7.22. The summed E-state index contributed by atoms with van der Waals surface area (Å²) in [5.41, 5.74) is 0.869. The number of halogens is 1. The summed E-state index contributed by atoms with van der Waals surface area (Å²) >= 11 is 5.76. The second-order valence-corrected chi connectivity index (χ2v) is 3.90. The minimum absolute atomic E-state index is 0.501. The molecule has 1 aromatic rings. The van der Waals surface area contributed by atoms with Crippen LogP contribution in [-0.4, -0.2) is 31.4 Å². The second kappa shape index (κ2) is 7.63. The van der Waals surface area contributed by atoms with Gasteiger partial charge in [0.1, 0.15) is 0 Å². The number of ether oxygens (including phenoxy) is 1. The molecule has 1 atom stereocenters. The lowest BCUT2D eigenvalue weighted by Gasteiger charge is -2.12. The van der Waals surface area contributed by atoms with Gasteiger partial charge in [-0.05, 0) is 24.6 Å². The highest BCUT2D eigenvalue weighted by molar-refractivity contribution is 6.30. The molecule has 0 fully saturated rings. The molecule has 0 saturated carbocycles. The van der Waals surface area contributed by atoms with Gasteiger partial charge in [0.2, 0.25) is 0 Å². The average Bonchev–Trinajstić information content (AvgIpc) is 2.29. The molecule has 0 aliphatic carbocycles. The first kappa shape index (κ1) is 13.5. The average molecular weight is 244 g/mol. The number of aliphatic hydroxyl groups excluding tert-OH is 1. The van der Waals surface area contributed by atoms with Gasteiger partial charge < -0.3 is 15.2 Å². The number of rotatable bonds is 7. The Labute approximate surface area is 101 Å². The zero-order valence-electron chi connectivity index (χ0n) is 9.45. The Bertz CT molecular complexity index is 290. The minimum Gasteiger partial charge on any atom is -0.387 e. The van der Waals surface area contributed by atoms with Crippen molar-refractivity contribution < 1.29 is 9.84 Å². The van der Waals surface area contributed by atoms with Crippen molar-refractivity contribution in [3.05, 3.63) is 34.9 Å². The molecule has 1 rings (SSSR count). The molecule has 16 heavy (non-hydrogen) atoms. The maximum atomic E-state index is 9.82. The van der Waals surface area contributed by atoms with E-state index in [0.29, 0.717) is 18.2 Å². The van der Waals surface area contributed by atoms with Crippen LogP contribution in [0.1, 0.15) is 18.6 Å². The quantitative estimate of drug-likeness (QED) is 0.720. The van der Waals surface area contributed by atoms with Crippen LogP contribution in [0.3, 0.4) is 0 Å². The monoisotopic (exact) mass is 243 g/mol. The SMILES string of the molecule is CCOCCNCC(O)c1ccc(Cl)cc1. The topological polar surface area (TPSA) is 41.5 Å². The first-order valence-electron chi connectivity index (χ1n) is 5.46. The molecule has 0 spiro atoms. The number of hydrogen-bond acceptors (Lipinski definition) is 3. The number of hydrogen-bond donors (Lipinski definition) is 2. The highest BCUT2D eigenvalue weighted by Crippen LogP contribution is 2.15. The molecule has 0 bridgehead atoms. The van der Waals surface area contributed by atoms with E-state index in [1.807, 2.05) is 19.1 Å². The van der Waals surface area contributed by atoms with E-state index in [0.717, 1.165) is 18.7 Å². The van der Waals surface area contributed by atoms with Crippen LogP contribution in [0.5, 0.6) is 0 Å². The van der Waals surface area contributed by atoms with Gasteiger partial charge in [-0.1, -0.05) is 23.7 Å². The maximum Gasteiger partial charge on any atom is 0.0914 e. The van der Waals surface area contributed by atoms with Crippen molar-refractivity contribution in [2.75, 3.05) is 26.3 Å². The van der Waals surface area contributed by atoms with Crippen LogP contribution in [0.25, 0.3) is 0 Å². The highest BCUT2D eigenvalue weighted by atomic mass is 35.5. The van der Waals surface area contributed by atoms with Gasteiger partial charge in [-0.25, -0.2) is 0 Å². The molecule has 0 heterocycles. The molecule has 3 nitrogen and oxygen atoms in total. The molecule has 4 heteroatoms. The van der Waals surface area contributed by atoms with E-state index in [1.54, 1.807) is 12.1 Å². The molecule has 0 aromatic heterocycles. The van der Waals surface area contributed by atoms with E-state index in [-0.39, 0.29) is 0 Å². The van der Waals surface area contributed by atoms with Gasteiger partial charge >= 0.3 is 0 Å². The third-order valence-corrected chi connectivity index (χ3v) is 2.47. The van der Waals surface area contributed by atoms with Crippen LogP contribution in [0.15, 0.2) is 24.3 Å². The molecular weight excluding hydrogens is 226 g/mol. The van der Waals surface area contributed by atoms with Crippen LogP contribution in [0.4, 0.5) is 0 Å². The zero-order chi connectivity index (χ0) is 11.8. The minimum atomic E-state index is -0.501. The molecule has 0 aliphatic rings. The predicted octanol–water partition coefficient (Wildman–Crippen LogP) is 2.00. The van der Waals surface area contributed by atoms with E-state index in [9.17, 15) is 5.11 Å². The molecule has 0 aliphatic heterocycles. The van der Waals surface area contributed by atoms with Crippen molar-refractivity contribution in [2.45, 2.75) is 13.0 Å². The Morgan fingerprint density at radius 1 is 1.38 bits per heavy atom. The fraction of sp³-hybridized carbons (Fsp3) is 0.500. The lowest BCUT2D eigenvalue weighted by atomic mass is 10.1. The summed E-state index contributed by atoms with van der Waals surface area (Å²) in [5, 5.41) is 13.6. The van der Waals surface area contributed by atoms with Crippen molar-refractivity contribution in [1.82, 2.24) is 5.32 Å². The number of benzene rings is 1. The summed E-state index contributed by atoms with van der Waals surface area (Å²) in [7, 11) is 0. The molecule has 0 radical (unpaired) electrons. The standard InChI is InChI=1S/C12H18ClNO2/c1-2-16-8-7-14-9-12(15)10-3-5-11(13)6-4-10/h3-6,12,14-15H,2,7-9H2,1H3. The molecule has 0 saturated heterocycles. The maximum absolute atomic E-state index is 9.82. The van der Waals surface area contributed by atoms with Gasteiger partial charge in [-0.15, -0.1) is 0 Å². The van der Waals surface area contributed by atoms with Crippen LogP contribution in [0.2, 0.25) is 5.02 Å². The van der Waals surface area contributed by atoms with Gasteiger partial charge in [-0.3, -0.25) is 0 Å². The normalized spacial score (nSPS) is 12.7. The van der Waals surface area contributed by atoms with Gasteiger partial charge in [0.15, 0.2) is 0 Å². The summed E-state index contributed by atoms with van der Waals surface area (Å²) in [5.74, 6) is 0. The molecular formula is C12H18ClNO2. The first-order valence-corrected chi connectivity index (χ1v) is 5.84. The van der Waals surface area contributed by atoms with E-state index in [2.05, 4.69) is 5.32 Å². The molecule has 0 amide bonds. The third-order valence-electron chi connectivity index (χ3n) is 2.22. The van der Waals surface area contributed by atoms with Crippen molar-refractivity contribution in [3.8, 4) is 0 Å². The Kier molecular flexibility index (Phi) is 6.42. The van der Waals surface area contributed by atoms with E-state index >= 15 is 0 Å². The fourth-order valence-electron chi connectivity index (χ4n) is 1.33. The largest absolute Gasteiger partial charge is 0.387 e. The molecule has 2 N–H and O–H groups in total. The van der Waals surface area contributed by atoms with Crippen LogP contribution in [0, 0.1) is 0 Å². The smallest absolute Gasteiger partial charge is 0.0914 e. The summed E-state index contributed by atoms with van der Waals surface area (Å²) in [4.78, 5) is 0. The lowest BCUT2D eigenvalue weighted by Crippen LogP contribution is -2.25. The van der Waals surface area contributed by atoms with E-state index in [1.165, 1.54) is 0 Å². The van der Waals surface area contributed by atoms with Crippen LogP contribution < -0.4 is 5.32 Å². The highest BCUT2D eigenvalue weighted by Gasteiger charge is 2.05. The molecule has 90 valence electrons. The third kappa shape index (κ3) is 4.94. The Morgan fingerprint density at radius 2 is 2.06 bits per heavy atom.